The number of Topliss-reactive ketones (excluding diaryl/α,β-unsaturated/α-hetero) is 1. The van der Waals surface area contributed by atoms with Gasteiger partial charge < -0.3 is 14.7 Å². The molecule has 0 saturated carbocycles. The Morgan fingerprint density at radius 3 is 2.39 bits per heavy atom. The molecule has 0 bridgehead atoms. The number of carbonyl (C=O) groups is 2. The predicted molar refractivity (Wildman–Crippen MR) is 131 cm³/mol. The van der Waals surface area contributed by atoms with Gasteiger partial charge in [0.15, 0.2) is 0 Å². The van der Waals surface area contributed by atoms with E-state index in [-0.39, 0.29) is 17.9 Å². The molecule has 1 heterocycles. The Morgan fingerprint density at radius 2 is 1.70 bits per heavy atom. The molecule has 0 radical (unpaired) electrons. The average molecular weight is 506 g/mol. The smallest absolute Gasteiger partial charge is 0.295 e. The number of likely N-dealkylation sites (tertiary alicyclic amines) is 1. The zero-order chi connectivity index (χ0) is 23.7. The summed E-state index contributed by atoms with van der Waals surface area (Å²) < 4.78 is 6.36. The fraction of sp³-hybridized carbons (Fsp3) is 0.185. The Balaban J connectivity index is 1.90. The summed E-state index contributed by atoms with van der Waals surface area (Å²) in [7, 11) is 1.57. The van der Waals surface area contributed by atoms with Crippen molar-refractivity contribution in [3.05, 3.63) is 105 Å². The maximum atomic E-state index is 13.3. The van der Waals surface area contributed by atoms with Gasteiger partial charge in [-0.05, 0) is 48.7 Å². The third kappa shape index (κ3) is 4.18. The quantitative estimate of drug-likeness (QED) is 0.274. The van der Waals surface area contributed by atoms with Crippen molar-refractivity contribution >= 4 is 33.4 Å². The first-order valence-electron chi connectivity index (χ1n) is 10.6. The minimum absolute atomic E-state index is 0.0888. The summed E-state index contributed by atoms with van der Waals surface area (Å²) >= 11 is 3.46. The van der Waals surface area contributed by atoms with Crippen LogP contribution < -0.4 is 4.74 Å². The molecule has 1 aliphatic heterocycles. The molecule has 1 fully saturated rings. The Hall–Kier alpha value is -3.38. The van der Waals surface area contributed by atoms with Gasteiger partial charge in [0, 0.05) is 15.6 Å². The molecule has 168 valence electrons. The average Bonchev–Trinajstić information content (AvgIpc) is 3.06. The lowest BCUT2D eigenvalue weighted by Crippen LogP contribution is -2.29. The van der Waals surface area contributed by atoms with Gasteiger partial charge in [-0.2, -0.15) is 0 Å². The molecule has 4 rings (SSSR count). The van der Waals surface area contributed by atoms with Crippen LogP contribution in [0.4, 0.5) is 0 Å². The number of ether oxygens (including phenoxy) is 1. The highest BCUT2D eigenvalue weighted by molar-refractivity contribution is 9.10. The number of nitrogens with zero attached hydrogens (tertiary/aromatic N) is 1. The molecule has 1 saturated heterocycles. The number of benzene rings is 3. The fourth-order valence-corrected chi connectivity index (χ4v) is 4.47. The van der Waals surface area contributed by atoms with Crippen molar-refractivity contribution < 1.29 is 19.4 Å². The lowest BCUT2D eigenvalue weighted by atomic mass is 9.92. The van der Waals surface area contributed by atoms with E-state index in [1.807, 2.05) is 68.4 Å². The molecule has 3 aromatic carbocycles. The van der Waals surface area contributed by atoms with Crippen LogP contribution in [0, 0.1) is 13.8 Å². The number of aliphatic hydroxyl groups excluding tert-OH is 1. The molecule has 0 aliphatic carbocycles. The third-order valence-corrected chi connectivity index (χ3v) is 6.88. The number of ketones is 1. The van der Waals surface area contributed by atoms with Gasteiger partial charge in [-0.25, -0.2) is 0 Å². The first kappa shape index (κ1) is 22.8. The lowest BCUT2D eigenvalue weighted by Gasteiger charge is -2.27. The van der Waals surface area contributed by atoms with Crippen LogP contribution in [0.5, 0.6) is 5.75 Å². The predicted octanol–water partition coefficient (Wildman–Crippen LogP) is 5.70. The van der Waals surface area contributed by atoms with Gasteiger partial charge in [0.05, 0.1) is 25.3 Å². The topological polar surface area (TPSA) is 66.8 Å². The first-order chi connectivity index (χ1) is 15.8. The van der Waals surface area contributed by atoms with Gasteiger partial charge >= 0.3 is 0 Å². The maximum Gasteiger partial charge on any atom is 0.295 e. The monoisotopic (exact) mass is 505 g/mol. The SMILES string of the molecule is COc1ccccc1CN1C(=O)C(=O)/C(=C(/O)c2ccc(Br)c(C)c2)C1c1ccccc1C. The van der Waals surface area contributed by atoms with Crippen molar-refractivity contribution in [2.75, 3.05) is 7.11 Å². The van der Waals surface area contributed by atoms with Crippen molar-refractivity contribution in [3.63, 3.8) is 0 Å². The molecular formula is C27H24BrNO4. The van der Waals surface area contributed by atoms with Gasteiger partial charge in [-0.1, -0.05) is 64.5 Å². The van der Waals surface area contributed by atoms with E-state index in [0.717, 1.165) is 26.7 Å². The van der Waals surface area contributed by atoms with E-state index >= 15 is 0 Å². The summed E-state index contributed by atoms with van der Waals surface area (Å²) in [6.45, 7) is 4.01. The minimum atomic E-state index is -0.722. The van der Waals surface area contributed by atoms with Gasteiger partial charge in [0.2, 0.25) is 0 Å². The van der Waals surface area contributed by atoms with E-state index in [9.17, 15) is 14.7 Å². The number of hydrogen-bond donors (Lipinski definition) is 1. The third-order valence-electron chi connectivity index (χ3n) is 5.99. The molecule has 1 N–H and O–H groups in total. The Labute approximate surface area is 201 Å². The van der Waals surface area contributed by atoms with Gasteiger partial charge in [0.25, 0.3) is 11.7 Å². The molecular weight excluding hydrogens is 482 g/mol. The molecule has 1 atom stereocenters. The number of halogens is 1. The van der Waals surface area contributed by atoms with Crippen LogP contribution in [-0.2, 0) is 16.1 Å². The van der Waals surface area contributed by atoms with E-state index in [4.69, 9.17) is 4.74 Å². The Morgan fingerprint density at radius 1 is 1.00 bits per heavy atom. The zero-order valence-electron chi connectivity index (χ0n) is 18.6. The second-order valence-electron chi connectivity index (χ2n) is 8.06. The number of carbonyl (C=O) groups excluding carboxylic acids is 2. The summed E-state index contributed by atoms with van der Waals surface area (Å²) in [6.07, 6.45) is 0. The molecule has 1 amide bonds. The van der Waals surface area contributed by atoms with E-state index < -0.39 is 17.7 Å². The Kier molecular flexibility index (Phi) is 6.38. The van der Waals surface area contributed by atoms with Crippen LogP contribution in [0.2, 0.25) is 0 Å². The standard InChI is InChI=1S/C27H24BrNO4/c1-16-8-4-6-10-20(16)24-23(25(30)18-12-13-21(28)17(2)14-18)26(31)27(32)29(24)15-19-9-5-7-11-22(19)33-3/h4-14,24,30H,15H2,1-3H3/b25-23+. The molecule has 1 aliphatic rings. The first-order valence-corrected chi connectivity index (χ1v) is 11.3. The zero-order valence-corrected chi connectivity index (χ0v) is 20.2. The van der Waals surface area contributed by atoms with Crippen molar-refractivity contribution in [1.29, 1.82) is 0 Å². The molecule has 5 nitrogen and oxygen atoms in total. The summed E-state index contributed by atoms with van der Waals surface area (Å²) in [5, 5.41) is 11.3. The summed E-state index contributed by atoms with van der Waals surface area (Å²) in [5.41, 5.74) is 3.99. The number of para-hydroxylation sites is 1. The van der Waals surface area contributed by atoms with Crippen molar-refractivity contribution in [2.24, 2.45) is 0 Å². The maximum absolute atomic E-state index is 13.3. The van der Waals surface area contributed by atoms with E-state index in [1.54, 1.807) is 19.2 Å². The Bertz CT molecular complexity index is 1280. The minimum Gasteiger partial charge on any atom is -0.507 e. The molecule has 0 aromatic heterocycles. The van der Waals surface area contributed by atoms with E-state index in [0.29, 0.717) is 11.3 Å². The van der Waals surface area contributed by atoms with Crippen molar-refractivity contribution in [1.82, 2.24) is 4.90 Å². The van der Waals surface area contributed by atoms with Crippen LogP contribution in [0.1, 0.15) is 33.9 Å². The van der Waals surface area contributed by atoms with Crippen LogP contribution in [0.3, 0.4) is 0 Å². The highest BCUT2D eigenvalue weighted by Gasteiger charge is 2.46. The molecule has 0 spiro atoms. The summed E-state index contributed by atoms with van der Waals surface area (Å²) in [5.74, 6) is -0.896. The number of methoxy groups -OCH3 is 1. The highest BCUT2D eigenvalue weighted by atomic mass is 79.9. The van der Waals surface area contributed by atoms with Gasteiger partial charge in [0.1, 0.15) is 11.5 Å². The largest absolute Gasteiger partial charge is 0.507 e. The molecule has 1 unspecified atom stereocenters. The number of hydrogen-bond acceptors (Lipinski definition) is 4. The number of aryl methyl sites for hydroxylation is 2. The lowest BCUT2D eigenvalue weighted by molar-refractivity contribution is -0.140. The van der Waals surface area contributed by atoms with Crippen LogP contribution in [-0.4, -0.2) is 28.8 Å². The summed E-state index contributed by atoms with van der Waals surface area (Å²) in [6, 6.07) is 19.6. The molecule has 33 heavy (non-hydrogen) atoms. The van der Waals surface area contributed by atoms with E-state index in [1.165, 1.54) is 4.90 Å². The fourth-order valence-electron chi connectivity index (χ4n) is 4.22. The second kappa shape index (κ2) is 9.24. The normalized spacial score (nSPS) is 17.5. The van der Waals surface area contributed by atoms with E-state index in [2.05, 4.69) is 15.9 Å². The molecule has 3 aromatic rings. The van der Waals surface area contributed by atoms with Gasteiger partial charge in [-0.15, -0.1) is 0 Å². The van der Waals surface area contributed by atoms with Crippen LogP contribution in [0.25, 0.3) is 5.76 Å². The highest BCUT2D eigenvalue weighted by Crippen LogP contribution is 2.42. The van der Waals surface area contributed by atoms with Gasteiger partial charge in [-0.3, -0.25) is 9.59 Å². The number of rotatable bonds is 5. The van der Waals surface area contributed by atoms with Crippen LogP contribution >= 0.6 is 15.9 Å². The van der Waals surface area contributed by atoms with Crippen molar-refractivity contribution in [3.8, 4) is 5.75 Å². The molecule has 6 heteroatoms. The number of aliphatic hydroxyl groups is 1. The van der Waals surface area contributed by atoms with Crippen LogP contribution in [0.15, 0.2) is 76.8 Å². The number of amides is 1. The summed E-state index contributed by atoms with van der Waals surface area (Å²) in [4.78, 5) is 28.0. The van der Waals surface area contributed by atoms with Crippen molar-refractivity contribution in [2.45, 2.75) is 26.4 Å². The second-order valence-corrected chi connectivity index (χ2v) is 8.91.